The van der Waals surface area contributed by atoms with Crippen LogP contribution in [0.3, 0.4) is 0 Å². The van der Waals surface area contributed by atoms with Crippen molar-refractivity contribution in [3.05, 3.63) is 23.9 Å². The number of halogens is 1. The molecule has 0 unspecified atom stereocenters. The molecule has 2 rings (SSSR count). The second kappa shape index (κ2) is 5.12. The summed E-state index contributed by atoms with van der Waals surface area (Å²) in [5, 5.41) is 2.95. The maximum absolute atomic E-state index is 12.1. The van der Waals surface area contributed by atoms with Crippen LogP contribution in [0.15, 0.2) is 23.4 Å². The van der Waals surface area contributed by atoms with Gasteiger partial charge in [-0.25, -0.2) is 13.4 Å². The smallest absolute Gasteiger partial charge is 0.199 e. The molecule has 1 aliphatic heterocycles. The molecule has 1 saturated heterocycles. The van der Waals surface area contributed by atoms with E-state index >= 15 is 0 Å². The topological polar surface area (TPSA) is 59.1 Å². The van der Waals surface area contributed by atoms with E-state index in [-0.39, 0.29) is 22.7 Å². The van der Waals surface area contributed by atoms with Crippen molar-refractivity contribution in [1.29, 1.82) is 0 Å². The first kappa shape index (κ1) is 13.4. The molecule has 0 aromatic carbocycles. The Morgan fingerprint density at radius 3 is 2.81 bits per heavy atom. The summed E-state index contributed by atoms with van der Waals surface area (Å²) in [5.74, 6) is 0. The lowest BCUT2D eigenvalue weighted by atomic mass is 10.3. The lowest BCUT2D eigenvalue weighted by Gasteiger charge is -2.09. The predicted molar refractivity (Wildman–Crippen MR) is 64.7 cm³/mol. The highest BCUT2D eigenvalue weighted by Gasteiger charge is 2.31. The van der Waals surface area contributed by atoms with Crippen LogP contribution in [0.1, 0.15) is 12.0 Å². The van der Waals surface area contributed by atoms with Gasteiger partial charge in [0.25, 0.3) is 0 Å². The predicted octanol–water partition coefficient (Wildman–Crippen LogP) is 0.947. The third-order valence-electron chi connectivity index (χ3n) is 2.64. The van der Waals surface area contributed by atoms with E-state index in [2.05, 4.69) is 10.3 Å². The summed E-state index contributed by atoms with van der Waals surface area (Å²) in [5.41, 5.74) is 0.925. The van der Waals surface area contributed by atoms with Crippen molar-refractivity contribution in [1.82, 2.24) is 10.3 Å². The minimum Gasteiger partial charge on any atom is -0.315 e. The summed E-state index contributed by atoms with van der Waals surface area (Å²) in [6.45, 7) is 3.18. The Morgan fingerprint density at radius 2 is 2.25 bits per heavy atom. The van der Waals surface area contributed by atoms with E-state index in [4.69, 9.17) is 0 Å². The second-order valence-corrected chi connectivity index (χ2v) is 6.01. The molecule has 4 nitrogen and oxygen atoms in total. The zero-order valence-corrected chi connectivity index (χ0v) is 10.6. The van der Waals surface area contributed by atoms with Gasteiger partial charge in [-0.3, -0.25) is 0 Å². The van der Waals surface area contributed by atoms with Crippen molar-refractivity contribution in [3.63, 3.8) is 0 Å². The van der Waals surface area contributed by atoms with Crippen molar-refractivity contribution in [2.24, 2.45) is 0 Å². The summed E-state index contributed by atoms with van der Waals surface area (Å²) in [6.07, 6.45) is 2.22. The van der Waals surface area contributed by atoms with Gasteiger partial charge in [0.05, 0.1) is 5.25 Å². The Kier molecular flexibility index (Phi) is 4.29. The van der Waals surface area contributed by atoms with E-state index < -0.39 is 9.84 Å². The first-order valence-corrected chi connectivity index (χ1v) is 6.52. The molecule has 2 heterocycles. The molecule has 0 saturated carbocycles. The van der Waals surface area contributed by atoms with Crippen LogP contribution in [0.25, 0.3) is 0 Å². The molecule has 1 aromatic rings. The van der Waals surface area contributed by atoms with Crippen LogP contribution >= 0.6 is 12.4 Å². The fourth-order valence-electron chi connectivity index (χ4n) is 1.73. The summed E-state index contributed by atoms with van der Waals surface area (Å²) in [4.78, 5) is 3.94. The SMILES string of the molecule is Cc1ccnc(S(=O)(=O)[C@H]2CCNC2)c1.Cl. The fraction of sp³-hybridized carbons (Fsp3) is 0.500. The van der Waals surface area contributed by atoms with Crippen molar-refractivity contribution in [2.75, 3.05) is 13.1 Å². The van der Waals surface area contributed by atoms with Crippen molar-refractivity contribution >= 4 is 22.2 Å². The molecular formula is C10H15ClN2O2S. The largest absolute Gasteiger partial charge is 0.315 e. The summed E-state index contributed by atoms with van der Waals surface area (Å²) in [7, 11) is -3.23. The monoisotopic (exact) mass is 262 g/mol. The highest BCUT2D eigenvalue weighted by atomic mass is 35.5. The third kappa shape index (κ3) is 2.53. The first-order valence-electron chi connectivity index (χ1n) is 4.98. The average molecular weight is 263 g/mol. The standard InChI is InChI=1S/C10H14N2O2S.ClH/c1-8-2-5-12-10(6-8)15(13,14)9-3-4-11-7-9;/h2,5-6,9,11H,3-4,7H2,1H3;1H/t9-;/m0./s1. The molecule has 0 radical (unpaired) electrons. The molecule has 1 N–H and O–H groups in total. The molecule has 0 bridgehead atoms. The minimum absolute atomic E-state index is 0. The van der Waals surface area contributed by atoms with Gasteiger partial charge in [-0.1, -0.05) is 0 Å². The molecule has 1 fully saturated rings. The number of hydrogen-bond donors (Lipinski definition) is 1. The number of aryl methyl sites for hydroxylation is 1. The number of pyridine rings is 1. The zero-order chi connectivity index (χ0) is 10.9. The molecule has 0 amide bonds. The van der Waals surface area contributed by atoms with Crippen molar-refractivity contribution < 1.29 is 8.42 Å². The lowest BCUT2D eigenvalue weighted by molar-refractivity contribution is 0.579. The van der Waals surface area contributed by atoms with E-state index in [9.17, 15) is 8.42 Å². The van der Waals surface area contributed by atoms with Gasteiger partial charge < -0.3 is 5.32 Å². The van der Waals surface area contributed by atoms with E-state index in [1.54, 1.807) is 18.3 Å². The lowest BCUT2D eigenvalue weighted by Crippen LogP contribution is -2.24. The zero-order valence-electron chi connectivity index (χ0n) is 9.01. The van der Waals surface area contributed by atoms with Crippen LogP contribution in [-0.4, -0.2) is 31.7 Å². The van der Waals surface area contributed by atoms with Gasteiger partial charge in [0, 0.05) is 12.7 Å². The highest BCUT2D eigenvalue weighted by molar-refractivity contribution is 7.92. The number of aromatic nitrogens is 1. The fourth-order valence-corrected chi connectivity index (χ4v) is 3.39. The Labute approximate surface area is 102 Å². The molecule has 6 heteroatoms. The van der Waals surface area contributed by atoms with Gasteiger partial charge in [0.1, 0.15) is 0 Å². The van der Waals surface area contributed by atoms with Crippen molar-refractivity contribution in [3.8, 4) is 0 Å². The van der Waals surface area contributed by atoms with Crippen LogP contribution < -0.4 is 5.32 Å². The maximum atomic E-state index is 12.1. The Bertz CT molecular complexity index is 456. The quantitative estimate of drug-likeness (QED) is 0.862. The number of hydrogen-bond acceptors (Lipinski definition) is 4. The molecule has 1 aromatic heterocycles. The summed E-state index contributed by atoms with van der Waals surface area (Å²) in [6, 6.07) is 3.43. The third-order valence-corrected chi connectivity index (χ3v) is 4.72. The Balaban J connectivity index is 0.00000128. The maximum Gasteiger partial charge on any atom is 0.199 e. The summed E-state index contributed by atoms with van der Waals surface area (Å²) < 4.78 is 24.2. The second-order valence-electron chi connectivity index (χ2n) is 3.83. The average Bonchev–Trinajstić information content (AvgIpc) is 2.71. The van der Waals surface area contributed by atoms with Crippen LogP contribution in [0, 0.1) is 6.92 Å². The van der Waals surface area contributed by atoms with Crippen LogP contribution in [0.2, 0.25) is 0 Å². The van der Waals surface area contributed by atoms with Gasteiger partial charge in [0.15, 0.2) is 14.9 Å². The molecular weight excluding hydrogens is 248 g/mol. The van der Waals surface area contributed by atoms with Crippen LogP contribution in [-0.2, 0) is 9.84 Å². The van der Waals surface area contributed by atoms with Gasteiger partial charge in [-0.05, 0) is 37.6 Å². The minimum atomic E-state index is -3.23. The number of rotatable bonds is 2. The van der Waals surface area contributed by atoms with Gasteiger partial charge in [0.2, 0.25) is 0 Å². The number of sulfone groups is 1. The van der Waals surface area contributed by atoms with E-state index in [1.807, 2.05) is 6.92 Å². The normalized spacial score (nSPS) is 20.4. The van der Waals surface area contributed by atoms with Gasteiger partial charge in [-0.15, -0.1) is 12.4 Å². The van der Waals surface area contributed by atoms with Crippen molar-refractivity contribution in [2.45, 2.75) is 23.6 Å². The number of nitrogens with zero attached hydrogens (tertiary/aromatic N) is 1. The van der Waals surface area contributed by atoms with Gasteiger partial charge in [-0.2, -0.15) is 0 Å². The molecule has 0 aliphatic carbocycles. The van der Waals surface area contributed by atoms with E-state index in [1.165, 1.54) is 0 Å². The van der Waals surface area contributed by atoms with Crippen LogP contribution in [0.5, 0.6) is 0 Å². The summed E-state index contributed by atoms with van der Waals surface area (Å²) >= 11 is 0. The van der Waals surface area contributed by atoms with Crippen LogP contribution in [0.4, 0.5) is 0 Å². The Morgan fingerprint density at radius 1 is 1.50 bits per heavy atom. The van der Waals surface area contributed by atoms with E-state index in [0.29, 0.717) is 13.0 Å². The highest BCUT2D eigenvalue weighted by Crippen LogP contribution is 2.18. The Hall–Kier alpha value is -0.650. The molecule has 90 valence electrons. The van der Waals surface area contributed by atoms with E-state index in [0.717, 1.165) is 12.1 Å². The molecule has 1 atom stereocenters. The molecule has 16 heavy (non-hydrogen) atoms. The molecule has 1 aliphatic rings. The molecule has 0 spiro atoms. The number of nitrogens with one attached hydrogen (secondary N) is 1. The first-order chi connectivity index (χ1) is 7.10. The van der Waals surface area contributed by atoms with Gasteiger partial charge >= 0.3 is 0 Å².